The molecule has 1 saturated heterocycles. The average molecular weight is 376 g/mol. The maximum absolute atomic E-state index is 12.3. The van der Waals surface area contributed by atoms with Gasteiger partial charge in [-0.2, -0.15) is 0 Å². The zero-order chi connectivity index (χ0) is 19.5. The van der Waals surface area contributed by atoms with E-state index < -0.39 is 0 Å². The molecular weight excluding hydrogens is 346 g/mol. The highest BCUT2D eigenvalue weighted by Gasteiger charge is 2.21. The Bertz CT molecular complexity index is 937. The summed E-state index contributed by atoms with van der Waals surface area (Å²) in [6.45, 7) is 6.11. The van der Waals surface area contributed by atoms with E-state index in [0.717, 1.165) is 35.7 Å². The van der Waals surface area contributed by atoms with Crippen LogP contribution < -0.4 is 10.2 Å². The zero-order valence-corrected chi connectivity index (χ0v) is 16.7. The molecule has 0 unspecified atom stereocenters. The molecule has 1 fully saturated rings. The lowest BCUT2D eigenvalue weighted by Crippen LogP contribution is -2.34. The molecule has 146 valence electrons. The van der Waals surface area contributed by atoms with Crippen molar-refractivity contribution in [2.75, 3.05) is 18.0 Å². The minimum absolute atomic E-state index is 0.0126. The van der Waals surface area contributed by atoms with Crippen molar-refractivity contribution in [3.63, 3.8) is 0 Å². The Morgan fingerprint density at radius 3 is 2.57 bits per heavy atom. The normalized spacial score (nSPS) is 15.3. The first-order chi connectivity index (χ1) is 13.6. The van der Waals surface area contributed by atoms with E-state index in [1.807, 2.05) is 32.0 Å². The van der Waals surface area contributed by atoms with Gasteiger partial charge in [-0.15, -0.1) is 0 Å². The number of aromatic nitrogens is 1. The fourth-order valence-electron chi connectivity index (χ4n) is 4.10. The van der Waals surface area contributed by atoms with Crippen LogP contribution in [0.1, 0.15) is 42.6 Å². The molecular formula is C24H29N3O. The number of nitrogens with zero attached hydrogens (tertiary/aromatic N) is 1. The quantitative estimate of drug-likeness (QED) is 0.675. The lowest BCUT2D eigenvalue weighted by molar-refractivity contribution is 0.0943. The van der Waals surface area contributed by atoms with Gasteiger partial charge in [-0.05, 0) is 68.9 Å². The van der Waals surface area contributed by atoms with Crippen LogP contribution in [-0.2, 0) is 6.42 Å². The number of anilines is 1. The number of amides is 1. The summed E-state index contributed by atoms with van der Waals surface area (Å²) in [5, 5.41) is 4.05. The summed E-state index contributed by atoms with van der Waals surface area (Å²) in [5.74, 6) is 1.91. The Hall–Kier alpha value is -2.75. The van der Waals surface area contributed by atoms with Crippen LogP contribution in [0.25, 0.3) is 10.9 Å². The molecule has 1 aromatic heterocycles. The van der Waals surface area contributed by atoms with Gasteiger partial charge in [0.15, 0.2) is 0 Å². The molecule has 4 nitrogen and oxygen atoms in total. The van der Waals surface area contributed by atoms with Crippen LogP contribution in [-0.4, -0.2) is 30.0 Å². The minimum Gasteiger partial charge on any atom is -0.358 e. The van der Waals surface area contributed by atoms with Gasteiger partial charge in [-0.25, -0.2) is 0 Å². The molecule has 3 aromatic rings. The lowest BCUT2D eigenvalue weighted by atomic mass is 9.90. The Kier molecular flexibility index (Phi) is 5.38. The van der Waals surface area contributed by atoms with E-state index in [1.54, 1.807) is 0 Å². The predicted molar refractivity (Wildman–Crippen MR) is 116 cm³/mol. The number of hydrogen-bond donors (Lipinski definition) is 2. The number of piperidine rings is 1. The Morgan fingerprint density at radius 1 is 1.11 bits per heavy atom. The van der Waals surface area contributed by atoms with Crippen molar-refractivity contribution in [2.24, 2.45) is 5.92 Å². The van der Waals surface area contributed by atoms with Crippen molar-refractivity contribution in [3.05, 3.63) is 65.7 Å². The molecule has 0 saturated carbocycles. The van der Waals surface area contributed by atoms with Crippen molar-refractivity contribution in [1.29, 1.82) is 0 Å². The predicted octanol–water partition coefficient (Wildman–Crippen LogP) is 4.77. The van der Waals surface area contributed by atoms with E-state index in [2.05, 4.69) is 51.6 Å². The monoisotopic (exact) mass is 375 g/mol. The molecule has 0 atom stereocenters. The second kappa shape index (κ2) is 8.09. The second-order valence-corrected chi connectivity index (χ2v) is 8.20. The molecule has 1 aliphatic heterocycles. The Balaban J connectivity index is 1.41. The SMILES string of the molecule is CC(C)NC(=O)c1ccc2[nH]c(N3CCC(Cc4ccccc4)CC3)cc2c1. The summed E-state index contributed by atoms with van der Waals surface area (Å²) in [6, 6.07) is 19.0. The van der Waals surface area contributed by atoms with E-state index in [9.17, 15) is 4.79 Å². The van der Waals surface area contributed by atoms with Crippen LogP contribution in [0, 0.1) is 5.92 Å². The fourth-order valence-corrected chi connectivity index (χ4v) is 4.10. The van der Waals surface area contributed by atoms with Crippen molar-refractivity contribution in [1.82, 2.24) is 10.3 Å². The van der Waals surface area contributed by atoms with Gasteiger partial charge in [0.25, 0.3) is 5.91 Å². The number of hydrogen-bond acceptors (Lipinski definition) is 2. The molecule has 4 heteroatoms. The molecule has 0 bridgehead atoms. The van der Waals surface area contributed by atoms with Crippen LogP contribution in [0.15, 0.2) is 54.6 Å². The van der Waals surface area contributed by atoms with Crippen LogP contribution in [0.5, 0.6) is 0 Å². The first-order valence-corrected chi connectivity index (χ1v) is 10.3. The van der Waals surface area contributed by atoms with Gasteiger partial charge in [0.1, 0.15) is 5.82 Å². The molecule has 1 aliphatic rings. The molecule has 2 heterocycles. The average Bonchev–Trinajstić information content (AvgIpc) is 3.12. The molecule has 28 heavy (non-hydrogen) atoms. The number of H-pyrrole nitrogens is 1. The molecule has 2 aromatic carbocycles. The van der Waals surface area contributed by atoms with Crippen LogP contribution >= 0.6 is 0 Å². The highest BCUT2D eigenvalue weighted by Crippen LogP contribution is 2.28. The third-order valence-corrected chi connectivity index (χ3v) is 5.61. The van der Waals surface area contributed by atoms with E-state index in [-0.39, 0.29) is 11.9 Å². The topological polar surface area (TPSA) is 48.1 Å². The van der Waals surface area contributed by atoms with Crippen LogP contribution in [0.2, 0.25) is 0 Å². The summed E-state index contributed by atoms with van der Waals surface area (Å²) in [4.78, 5) is 18.2. The fraction of sp³-hybridized carbons (Fsp3) is 0.375. The lowest BCUT2D eigenvalue weighted by Gasteiger charge is -2.32. The van der Waals surface area contributed by atoms with Crippen molar-refractivity contribution in [2.45, 2.75) is 39.2 Å². The van der Waals surface area contributed by atoms with E-state index >= 15 is 0 Å². The summed E-state index contributed by atoms with van der Waals surface area (Å²) < 4.78 is 0. The third-order valence-electron chi connectivity index (χ3n) is 5.61. The summed E-state index contributed by atoms with van der Waals surface area (Å²) in [6.07, 6.45) is 3.61. The van der Waals surface area contributed by atoms with Gasteiger partial charge in [-0.1, -0.05) is 30.3 Å². The van der Waals surface area contributed by atoms with E-state index in [1.165, 1.54) is 24.8 Å². The van der Waals surface area contributed by atoms with Crippen molar-refractivity contribution < 1.29 is 4.79 Å². The summed E-state index contributed by atoms with van der Waals surface area (Å²) in [5.41, 5.74) is 3.24. The van der Waals surface area contributed by atoms with Crippen LogP contribution in [0.3, 0.4) is 0 Å². The largest absolute Gasteiger partial charge is 0.358 e. The minimum atomic E-state index is -0.0126. The highest BCUT2D eigenvalue weighted by atomic mass is 16.1. The van der Waals surface area contributed by atoms with Crippen LogP contribution in [0.4, 0.5) is 5.82 Å². The Labute approximate surface area is 166 Å². The van der Waals surface area contributed by atoms with Gasteiger partial charge in [-0.3, -0.25) is 4.79 Å². The molecule has 0 radical (unpaired) electrons. The maximum Gasteiger partial charge on any atom is 0.251 e. The number of nitrogens with one attached hydrogen (secondary N) is 2. The number of aromatic amines is 1. The van der Waals surface area contributed by atoms with Gasteiger partial charge in [0, 0.05) is 35.6 Å². The smallest absolute Gasteiger partial charge is 0.251 e. The van der Waals surface area contributed by atoms with Gasteiger partial charge in [0.2, 0.25) is 0 Å². The highest BCUT2D eigenvalue weighted by molar-refractivity contribution is 5.98. The van der Waals surface area contributed by atoms with Gasteiger partial charge < -0.3 is 15.2 Å². The zero-order valence-electron chi connectivity index (χ0n) is 16.7. The van der Waals surface area contributed by atoms with Crippen molar-refractivity contribution >= 4 is 22.6 Å². The first-order valence-electron chi connectivity index (χ1n) is 10.3. The number of carbonyl (C=O) groups excluding carboxylic acids is 1. The second-order valence-electron chi connectivity index (χ2n) is 8.20. The molecule has 4 rings (SSSR count). The van der Waals surface area contributed by atoms with E-state index in [4.69, 9.17) is 0 Å². The molecule has 2 N–H and O–H groups in total. The van der Waals surface area contributed by atoms with Crippen molar-refractivity contribution in [3.8, 4) is 0 Å². The number of fused-ring (bicyclic) bond motifs is 1. The summed E-state index contributed by atoms with van der Waals surface area (Å²) in [7, 11) is 0. The molecule has 0 spiro atoms. The Morgan fingerprint density at radius 2 is 1.86 bits per heavy atom. The van der Waals surface area contributed by atoms with Gasteiger partial charge in [0.05, 0.1) is 0 Å². The first kappa shape index (κ1) is 18.6. The molecule has 1 amide bonds. The third kappa shape index (κ3) is 4.22. The molecule has 0 aliphatic carbocycles. The number of benzene rings is 2. The maximum atomic E-state index is 12.3. The summed E-state index contributed by atoms with van der Waals surface area (Å²) >= 11 is 0. The standard InChI is InChI=1S/C24H29N3O/c1-17(2)25-24(28)20-8-9-22-21(15-20)16-23(26-22)27-12-10-19(11-13-27)14-18-6-4-3-5-7-18/h3-9,15-17,19,26H,10-14H2,1-2H3,(H,25,28). The van der Waals surface area contributed by atoms with Gasteiger partial charge >= 0.3 is 0 Å². The number of rotatable bonds is 5. The number of carbonyl (C=O) groups is 1. The van der Waals surface area contributed by atoms with E-state index in [0.29, 0.717) is 5.56 Å².